The van der Waals surface area contributed by atoms with E-state index in [0.717, 1.165) is 25.3 Å². The Bertz CT molecular complexity index is 329. The lowest BCUT2D eigenvalue weighted by Crippen LogP contribution is -2.32. The molecule has 2 unspecified atom stereocenters. The monoisotopic (exact) mass is 207 g/mol. The van der Waals surface area contributed by atoms with Crippen LogP contribution in [0.25, 0.3) is 0 Å². The molecule has 1 aliphatic heterocycles. The second kappa shape index (κ2) is 4.49. The number of nitrogens with one attached hydrogen (secondary N) is 1. The fourth-order valence-electron chi connectivity index (χ4n) is 1.86. The van der Waals surface area contributed by atoms with Crippen molar-refractivity contribution in [2.45, 2.75) is 31.9 Å². The normalized spacial score (nSPS) is 26.2. The maximum Gasteiger partial charge on any atom is 0.149 e. The van der Waals surface area contributed by atoms with Crippen molar-refractivity contribution in [2.24, 2.45) is 0 Å². The van der Waals surface area contributed by atoms with Crippen molar-refractivity contribution in [3.05, 3.63) is 18.3 Å². The van der Waals surface area contributed by atoms with Crippen LogP contribution in [0.5, 0.6) is 0 Å². The van der Waals surface area contributed by atoms with E-state index in [9.17, 15) is 0 Å². The van der Waals surface area contributed by atoms with Crippen molar-refractivity contribution in [3.63, 3.8) is 0 Å². The SMILES string of the molecule is CC1CC(Nc2ncccc2N)CCO1. The molecule has 0 radical (unpaired) electrons. The summed E-state index contributed by atoms with van der Waals surface area (Å²) in [5.74, 6) is 0.789. The number of nitrogens with zero attached hydrogens (tertiary/aromatic N) is 1. The summed E-state index contributed by atoms with van der Waals surface area (Å²) in [5, 5.41) is 3.36. The molecule has 2 atom stereocenters. The van der Waals surface area contributed by atoms with Gasteiger partial charge in [-0.1, -0.05) is 0 Å². The molecule has 15 heavy (non-hydrogen) atoms. The molecule has 0 saturated carbocycles. The fraction of sp³-hybridized carbons (Fsp3) is 0.545. The minimum absolute atomic E-state index is 0.321. The number of rotatable bonds is 2. The van der Waals surface area contributed by atoms with E-state index in [4.69, 9.17) is 10.5 Å². The summed E-state index contributed by atoms with van der Waals surface area (Å²) in [4.78, 5) is 4.22. The standard InChI is InChI=1S/C11H17N3O/c1-8-7-9(4-6-15-8)14-11-10(12)3-2-5-13-11/h2-3,5,8-9H,4,6-7,12H2,1H3,(H,13,14). The molecule has 4 nitrogen and oxygen atoms in total. The van der Waals surface area contributed by atoms with Crippen molar-refractivity contribution < 1.29 is 4.74 Å². The lowest BCUT2D eigenvalue weighted by molar-refractivity contribution is 0.0232. The first-order valence-electron chi connectivity index (χ1n) is 5.34. The summed E-state index contributed by atoms with van der Waals surface area (Å²) in [6.07, 6.45) is 4.10. The largest absolute Gasteiger partial charge is 0.396 e. The predicted molar refractivity (Wildman–Crippen MR) is 60.7 cm³/mol. The Morgan fingerprint density at radius 1 is 1.60 bits per heavy atom. The molecule has 0 bridgehead atoms. The van der Waals surface area contributed by atoms with E-state index in [-0.39, 0.29) is 0 Å². The molecule has 82 valence electrons. The van der Waals surface area contributed by atoms with Crippen LogP contribution in [0.15, 0.2) is 18.3 Å². The maximum atomic E-state index is 5.82. The predicted octanol–water partition coefficient (Wildman–Crippen LogP) is 1.64. The average molecular weight is 207 g/mol. The quantitative estimate of drug-likeness (QED) is 0.774. The van der Waals surface area contributed by atoms with Crippen LogP contribution in [0.2, 0.25) is 0 Å². The van der Waals surface area contributed by atoms with E-state index in [2.05, 4.69) is 17.2 Å². The second-order valence-corrected chi connectivity index (χ2v) is 3.99. The molecule has 1 saturated heterocycles. The zero-order chi connectivity index (χ0) is 10.7. The summed E-state index contributed by atoms with van der Waals surface area (Å²) in [6, 6.07) is 4.12. The molecule has 1 aliphatic rings. The van der Waals surface area contributed by atoms with Gasteiger partial charge in [0.1, 0.15) is 5.82 Å². The zero-order valence-electron chi connectivity index (χ0n) is 8.94. The van der Waals surface area contributed by atoms with Gasteiger partial charge in [0.25, 0.3) is 0 Å². The van der Waals surface area contributed by atoms with Crippen LogP contribution >= 0.6 is 0 Å². The number of pyridine rings is 1. The Labute approximate surface area is 89.8 Å². The maximum absolute atomic E-state index is 5.82. The van der Waals surface area contributed by atoms with Crippen molar-refractivity contribution in [1.82, 2.24) is 4.98 Å². The first-order valence-corrected chi connectivity index (χ1v) is 5.34. The van der Waals surface area contributed by atoms with Crippen LogP contribution in [-0.2, 0) is 4.74 Å². The minimum atomic E-state index is 0.321. The van der Waals surface area contributed by atoms with Crippen LogP contribution in [-0.4, -0.2) is 23.7 Å². The fourth-order valence-corrected chi connectivity index (χ4v) is 1.86. The number of anilines is 2. The van der Waals surface area contributed by atoms with Crippen LogP contribution in [0.4, 0.5) is 11.5 Å². The molecule has 1 fully saturated rings. The average Bonchev–Trinajstić information content (AvgIpc) is 2.22. The van der Waals surface area contributed by atoms with Crippen LogP contribution in [0.3, 0.4) is 0 Å². The van der Waals surface area contributed by atoms with Crippen LogP contribution in [0, 0.1) is 0 Å². The molecule has 2 heterocycles. The highest BCUT2D eigenvalue weighted by molar-refractivity contribution is 5.60. The van der Waals surface area contributed by atoms with E-state index in [1.54, 1.807) is 6.20 Å². The number of nitrogen functional groups attached to an aromatic ring is 1. The highest BCUT2D eigenvalue weighted by atomic mass is 16.5. The van der Waals surface area contributed by atoms with Crippen LogP contribution < -0.4 is 11.1 Å². The molecule has 4 heteroatoms. The van der Waals surface area contributed by atoms with Gasteiger partial charge in [0.05, 0.1) is 11.8 Å². The first-order chi connectivity index (χ1) is 7.25. The molecule has 2 rings (SSSR count). The lowest BCUT2D eigenvalue weighted by Gasteiger charge is -2.28. The van der Waals surface area contributed by atoms with E-state index < -0.39 is 0 Å². The Morgan fingerprint density at radius 3 is 3.20 bits per heavy atom. The molecule has 1 aromatic rings. The molecular weight excluding hydrogens is 190 g/mol. The number of hydrogen-bond acceptors (Lipinski definition) is 4. The number of hydrogen-bond donors (Lipinski definition) is 2. The third-order valence-electron chi connectivity index (χ3n) is 2.66. The van der Waals surface area contributed by atoms with Gasteiger partial charge in [0.15, 0.2) is 0 Å². The Morgan fingerprint density at radius 2 is 2.47 bits per heavy atom. The second-order valence-electron chi connectivity index (χ2n) is 3.99. The van der Waals surface area contributed by atoms with Crippen molar-refractivity contribution >= 4 is 11.5 Å². The van der Waals surface area contributed by atoms with Gasteiger partial charge in [-0.05, 0) is 31.9 Å². The number of nitrogens with two attached hydrogens (primary N) is 1. The Kier molecular flexibility index (Phi) is 3.06. The minimum Gasteiger partial charge on any atom is -0.396 e. The molecule has 0 aliphatic carbocycles. The summed E-state index contributed by atoms with van der Waals surface area (Å²) in [7, 11) is 0. The highest BCUT2D eigenvalue weighted by Crippen LogP contribution is 2.20. The summed E-state index contributed by atoms with van der Waals surface area (Å²) in [5.41, 5.74) is 6.52. The van der Waals surface area contributed by atoms with Gasteiger partial charge in [-0.25, -0.2) is 4.98 Å². The zero-order valence-corrected chi connectivity index (χ0v) is 8.94. The van der Waals surface area contributed by atoms with E-state index in [1.165, 1.54) is 0 Å². The third-order valence-corrected chi connectivity index (χ3v) is 2.66. The smallest absolute Gasteiger partial charge is 0.149 e. The molecule has 0 spiro atoms. The van der Waals surface area contributed by atoms with Crippen molar-refractivity contribution in [2.75, 3.05) is 17.7 Å². The Balaban J connectivity index is 1.99. The van der Waals surface area contributed by atoms with Gasteiger partial charge in [-0.15, -0.1) is 0 Å². The van der Waals surface area contributed by atoms with Gasteiger partial charge in [0.2, 0.25) is 0 Å². The van der Waals surface area contributed by atoms with Gasteiger partial charge in [-0.2, -0.15) is 0 Å². The lowest BCUT2D eigenvalue weighted by atomic mass is 10.0. The molecule has 3 N–H and O–H groups in total. The van der Waals surface area contributed by atoms with E-state index >= 15 is 0 Å². The van der Waals surface area contributed by atoms with Gasteiger partial charge in [-0.3, -0.25) is 0 Å². The number of aromatic nitrogens is 1. The third kappa shape index (κ3) is 2.59. The van der Waals surface area contributed by atoms with Crippen molar-refractivity contribution in [3.8, 4) is 0 Å². The molecule has 0 amide bonds. The van der Waals surface area contributed by atoms with Gasteiger partial charge < -0.3 is 15.8 Å². The molecular formula is C11H17N3O. The molecule has 1 aromatic heterocycles. The van der Waals surface area contributed by atoms with Gasteiger partial charge >= 0.3 is 0 Å². The summed E-state index contributed by atoms with van der Waals surface area (Å²) in [6.45, 7) is 2.90. The van der Waals surface area contributed by atoms with Crippen molar-refractivity contribution in [1.29, 1.82) is 0 Å². The van der Waals surface area contributed by atoms with Crippen LogP contribution in [0.1, 0.15) is 19.8 Å². The van der Waals surface area contributed by atoms with E-state index in [1.807, 2.05) is 12.1 Å². The topological polar surface area (TPSA) is 60.2 Å². The highest BCUT2D eigenvalue weighted by Gasteiger charge is 2.19. The first kappa shape index (κ1) is 10.2. The summed E-state index contributed by atoms with van der Waals surface area (Å²) < 4.78 is 5.48. The van der Waals surface area contributed by atoms with Gasteiger partial charge in [0, 0.05) is 18.8 Å². The summed E-state index contributed by atoms with van der Waals surface area (Å²) >= 11 is 0. The van der Waals surface area contributed by atoms with E-state index in [0.29, 0.717) is 17.8 Å². The molecule has 0 aromatic carbocycles. The Hall–Kier alpha value is -1.29. The number of ether oxygens (including phenoxy) is 1.